The summed E-state index contributed by atoms with van der Waals surface area (Å²) in [6, 6.07) is 17.2. The minimum atomic E-state index is -3.87. The monoisotopic (exact) mass is 438 g/mol. The van der Waals surface area contributed by atoms with E-state index in [1.807, 2.05) is 19.1 Å². The van der Waals surface area contributed by atoms with Crippen LogP contribution in [0.1, 0.15) is 27.0 Å². The number of methoxy groups -OCH3 is 1. The number of para-hydroxylation sites is 1. The number of anilines is 2. The van der Waals surface area contributed by atoms with Crippen LogP contribution < -0.4 is 14.4 Å². The Balaban J connectivity index is 1.98. The molecule has 3 aromatic rings. The molecule has 31 heavy (non-hydrogen) atoms. The number of ether oxygens (including phenoxy) is 1. The van der Waals surface area contributed by atoms with Gasteiger partial charge >= 0.3 is 0 Å². The molecule has 0 aliphatic rings. The van der Waals surface area contributed by atoms with E-state index < -0.39 is 15.9 Å². The molecular formula is C24H26N2O4S. The van der Waals surface area contributed by atoms with Gasteiger partial charge in [-0.05, 0) is 68.3 Å². The van der Waals surface area contributed by atoms with Crippen molar-refractivity contribution in [3.63, 3.8) is 0 Å². The summed E-state index contributed by atoms with van der Waals surface area (Å²) < 4.78 is 33.2. The molecule has 0 radical (unpaired) electrons. The standard InChI is InChI=1S/C24H26N2O4S/c1-16-14-17(2)23(18(3)15-16)31(28,29)26(4)22-9-7-6-8-21(22)24(27)25-19-10-12-20(30-5)13-11-19/h6-15H,1-5H3,(H,25,27). The van der Waals surface area contributed by atoms with Gasteiger partial charge in [0.15, 0.2) is 0 Å². The lowest BCUT2D eigenvalue weighted by Crippen LogP contribution is -2.30. The van der Waals surface area contributed by atoms with Crippen molar-refractivity contribution in [1.82, 2.24) is 0 Å². The first-order chi connectivity index (χ1) is 14.6. The Morgan fingerprint density at radius 1 is 0.935 bits per heavy atom. The molecule has 1 N–H and O–H groups in total. The van der Waals surface area contributed by atoms with Crippen molar-refractivity contribution in [2.45, 2.75) is 25.7 Å². The Kier molecular flexibility index (Phi) is 6.36. The van der Waals surface area contributed by atoms with E-state index in [1.165, 1.54) is 11.4 Å². The molecule has 7 heteroatoms. The van der Waals surface area contributed by atoms with Gasteiger partial charge < -0.3 is 10.1 Å². The molecule has 0 atom stereocenters. The SMILES string of the molecule is COc1ccc(NC(=O)c2ccccc2N(C)S(=O)(=O)c2c(C)cc(C)cc2C)cc1. The molecule has 162 valence electrons. The number of carbonyl (C=O) groups is 1. The number of sulfonamides is 1. The fraction of sp³-hybridized carbons (Fsp3) is 0.208. The molecule has 6 nitrogen and oxygen atoms in total. The Hall–Kier alpha value is -3.32. The third-order valence-corrected chi connectivity index (χ3v) is 7.14. The topological polar surface area (TPSA) is 75.7 Å². The van der Waals surface area contributed by atoms with E-state index in [0.717, 1.165) is 5.56 Å². The molecule has 3 rings (SSSR count). The number of rotatable bonds is 6. The van der Waals surface area contributed by atoms with Crippen LogP contribution in [0.3, 0.4) is 0 Å². The number of benzene rings is 3. The largest absolute Gasteiger partial charge is 0.497 e. The summed E-state index contributed by atoms with van der Waals surface area (Å²) in [5, 5.41) is 2.81. The van der Waals surface area contributed by atoms with E-state index in [2.05, 4.69) is 5.32 Å². The Morgan fingerprint density at radius 3 is 2.10 bits per heavy atom. The molecule has 0 fully saturated rings. The van der Waals surface area contributed by atoms with Crippen molar-refractivity contribution in [2.75, 3.05) is 23.8 Å². The maximum absolute atomic E-state index is 13.5. The third-order valence-electron chi connectivity index (χ3n) is 5.06. The van der Waals surface area contributed by atoms with Crippen molar-refractivity contribution >= 4 is 27.3 Å². The Morgan fingerprint density at radius 2 is 1.52 bits per heavy atom. The van der Waals surface area contributed by atoms with Gasteiger partial charge in [-0.3, -0.25) is 9.10 Å². The zero-order valence-corrected chi connectivity index (χ0v) is 19.1. The van der Waals surface area contributed by atoms with Crippen LogP contribution in [0, 0.1) is 20.8 Å². The number of nitrogens with zero attached hydrogens (tertiary/aromatic N) is 1. The number of carbonyl (C=O) groups excluding carboxylic acids is 1. The number of nitrogens with one attached hydrogen (secondary N) is 1. The molecule has 0 unspecified atom stereocenters. The van der Waals surface area contributed by atoms with Gasteiger partial charge in [0.05, 0.1) is 23.3 Å². The van der Waals surface area contributed by atoms with Gasteiger partial charge in [-0.2, -0.15) is 0 Å². The highest BCUT2D eigenvalue weighted by Gasteiger charge is 2.28. The van der Waals surface area contributed by atoms with Gasteiger partial charge in [0.25, 0.3) is 15.9 Å². The lowest BCUT2D eigenvalue weighted by Gasteiger charge is -2.24. The van der Waals surface area contributed by atoms with Crippen molar-refractivity contribution < 1.29 is 17.9 Å². The zero-order chi connectivity index (χ0) is 22.8. The summed E-state index contributed by atoms with van der Waals surface area (Å²) in [5.74, 6) is 0.272. The molecular weight excluding hydrogens is 412 g/mol. The summed E-state index contributed by atoms with van der Waals surface area (Å²) >= 11 is 0. The number of hydrogen-bond donors (Lipinski definition) is 1. The highest BCUT2D eigenvalue weighted by molar-refractivity contribution is 7.93. The molecule has 0 aliphatic carbocycles. The molecule has 0 aliphatic heterocycles. The minimum absolute atomic E-state index is 0.256. The second-order valence-electron chi connectivity index (χ2n) is 7.40. The van der Waals surface area contributed by atoms with Crippen molar-refractivity contribution in [3.05, 3.63) is 82.9 Å². The minimum Gasteiger partial charge on any atom is -0.497 e. The molecule has 1 amide bonds. The Bertz CT molecular complexity index is 1200. The molecule has 0 bridgehead atoms. The summed E-state index contributed by atoms with van der Waals surface area (Å²) in [4.78, 5) is 13.2. The van der Waals surface area contributed by atoms with E-state index in [4.69, 9.17) is 4.74 Å². The van der Waals surface area contributed by atoms with E-state index in [-0.39, 0.29) is 10.5 Å². The molecule has 0 spiro atoms. The van der Waals surface area contributed by atoms with E-state index in [9.17, 15) is 13.2 Å². The average Bonchev–Trinajstić information content (AvgIpc) is 2.72. The Labute approximate surface area is 183 Å². The summed E-state index contributed by atoms with van der Waals surface area (Å²) in [6.45, 7) is 5.49. The van der Waals surface area contributed by atoms with Crippen LogP contribution in [0.25, 0.3) is 0 Å². The quantitative estimate of drug-likeness (QED) is 0.605. The van der Waals surface area contributed by atoms with Gasteiger partial charge in [0.2, 0.25) is 0 Å². The highest BCUT2D eigenvalue weighted by atomic mass is 32.2. The molecule has 0 heterocycles. The summed E-state index contributed by atoms with van der Waals surface area (Å²) in [5.41, 5.74) is 3.47. The first-order valence-electron chi connectivity index (χ1n) is 9.76. The van der Waals surface area contributed by atoms with Crippen LogP contribution in [-0.4, -0.2) is 28.5 Å². The second-order valence-corrected chi connectivity index (χ2v) is 9.31. The lowest BCUT2D eigenvalue weighted by molar-refractivity contribution is 0.102. The van der Waals surface area contributed by atoms with Gasteiger partial charge in [0, 0.05) is 12.7 Å². The summed E-state index contributed by atoms with van der Waals surface area (Å²) in [7, 11) is -0.838. The van der Waals surface area contributed by atoms with Crippen molar-refractivity contribution in [3.8, 4) is 5.75 Å². The zero-order valence-electron chi connectivity index (χ0n) is 18.3. The number of hydrogen-bond acceptors (Lipinski definition) is 4. The van der Waals surface area contributed by atoms with Crippen LogP contribution in [-0.2, 0) is 10.0 Å². The van der Waals surface area contributed by atoms with E-state index in [0.29, 0.717) is 28.3 Å². The van der Waals surface area contributed by atoms with Gasteiger partial charge in [0.1, 0.15) is 5.75 Å². The molecule has 0 saturated heterocycles. The predicted octanol–water partition coefficient (Wildman–Crippen LogP) is 4.70. The van der Waals surface area contributed by atoms with Crippen LogP contribution >= 0.6 is 0 Å². The van der Waals surface area contributed by atoms with Crippen molar-refractivity contribution in [2.24, 2.45) is 0 Å². The number of aryl methyl sites for hydroxylation is 3. The maximum Gasteiger partial charge on any atom is 0.264 e. The highest BCUT2D eigenvalue weighted by Crippen LogP contribution is 2.30. The second kappa shape index (κ2) is 8.81. The third kappa shape index (κ3) is 4.56. The molecule has 0 saturated carbocycles. The van der Waals surface area contributed by atoms with Crippen molar-refractivity contribution in [1.29, 1.82) is 0 Å². The normalized spacial score (nSPS) is 11.1. The average molecular weight is 439 g/mol. The first kappa shape index (κ1) is 22.4. The van der Waals surface area contributed by atoms with Crippen LogP contribution in [0.15, 0.2) is 65.6 Å². The predicted molar refractivity (Wildman–Crippen MR) is 124 cm³/mol. The molecule has 0 aromatic heterocycles. The van der Waals surface area contributed by atoms with Crippen LogP contribution in [0.2, 0.25) is 0 Å². The maximum atomic E-state index is 13.5. The van der Waals surface area contributed by atoms with Gasteiger partial charge in [-0.1, -0.05) is 29.8 Å². The lowest BCUT2D eigenvalue weighted by atomic mass is 10.1. The fourth-order valence-electron chi connectivity index (χ4n) is 3.65. The van der Waals surface area contributed by atoms with Crippen LogP contribution in [0.5, 0.6) is 5.75 Å². The van der Waals surface area contributed by atoms with Gasteiger partial charge in [-0.15, -0.1) is 0 Å². The van der Waals surface area contributed by atoms with Gasteiger partial charge in [-0.25, -0.2) is 8.42 Å². The van der Waals surface area contributed by atoms with E-state index in [1.54, 1.807) is 69.5 Å². The van der Waals surface area contributed by atoms with E-state index >= 15 is 0 Å². The summed E-state index contributed by atoms with van der Waals surface area (Å²) in [6.07, 6.45) is 0. The number of amides is 1. The smallest absolute Gasteiger partial charge is 0.264 e. The molecule has 3 aromatic carbocycles. The fourth-order valence-corrected chi connectivity index (χ4v) is 5.28. The van der Waals surface area contributed by atoms with Crippen LogP contribution in [0.4, 0.5) is 11.4 Å². The first-order valence-corrected chi connectivity index (χ1v) is 11.2.